The summed E-state index contributed by atoms with van der Waals surface area (Å²) in [7, 11) is 5.66. The van der Waals surface area contributed by atoms with Crippen molar-refractivity contribution in [2.24, 2.45) is 0 Å². The average Bonchev–Trinajstić information content (AvgIpc) is 3.71. The summed E-state index contributed by atoms with van der Waals surface area (Å²) in [5.41, 5.74) is 5.90. The summed E-state index contributed by atoms with van der Waals surface area (Å²) >= 11 is 0. The molecule has 1 spiro atoms. The van der Waals surface area contributed by atoms with Crippen molar-refractivity contribution in [2.45, 2.75) is 70.2 Å². The summed E-state index contributed by atoms with van der Waals surface area (Å²) in [6.07, 6.45) is 8.80. The lowest BCUT2D eigenvalue weighted by atomic mass is 9.72. The van der Waals surface area contributed by atoms with E-state index >= 15 is 0 Å². The number of fused-ring (bicyclic) bond motifs is 2. The zero-order valence-corrected chi connectivity index (χ0v) is 29.5. The molecule has 3 aliphatic rings. The number of carbonyl (C=O) groups is 3. The summed E-state index contributed by atoms with van der Waals surface area (Å²) in [5, 5.41) is 10.6. The number of nitrogens with one attached hydrogen (secondary N) is 2. The van der Waals surface area contributed by atoms with Crippen molar-refractivity contribution in [1.82, 2.24) is 39.3 Å². The van der Waals surface area contributed by atoms with Crippen LogP contribution in [0.15, 0.2) is 60.9 Å². The van der Waals surface area contributed by atoms with E-state index in [0.29, 0.717) is 41.8 Å². The number of amides is 3. The van der Waals surface area contributed by atoms with E-state index in [2.05, 4.69) is 42.1 Å². The number of benzene rings is 2. The molecule has 0 unspecified atom stereocenters. The summed E-state index contributed by atoms with van der Waals surface area (Å²) in [6, 6.07) is 15.8. The Morgan fingerprint density at radius 1 is 0.900 bits per heavy atom. The number of piperidine rings is 1. The van der Waals surface area contributed by atoms with Gasteiger partial charge in [0.25, 0.3) is 17.7 Å². The second-order valence-electron chi connectivity index (χ2n) is 14.3. The van der Waals surface area contributed by atoms with Crippen LogP contribution in [0.5, 0.6) is 0 Å². The largest absolute Gasteiger partial charge is 0.345 e. The van der Waals surface area contributed by atoms with Crippen LogP contribution < -0.4 is 10.6 Å². The van der Waals surface area contributed by atoms with Crippen molar-refractivity contribution in [3.8, 4) is 0 Å². The second-order valence-corrected chi connectivity index (χ2v) is 14.3. The Bertz CT molecular complexity index is 1860. The molecular weight excluding hydrogens is 630 g/mol. The molecule has 0 radical (unpaired) electrons. The minimum atomic E-state index is -0.199. The molecular formula is C38H47N9O3. The fraction of sp³-hybridized carbons (Fsp3) is 0.447. The molecule has 2 aromatic carbocycles. The van der Waals surface area contributed by atoms with Crippen molar-refractivity contribution in [3.63, 3.8) is 0 Å². The van der Waals surface area contributed by atoms with Gasteiger partial charge in [-0.1, -0.05) is 24.3 Å². The molecule has 0 bridgehead atoms. The Kier molecular flexibility index (Phi) is 9.32. The molecule has 4 aromatic rings. The molecule has 2 N–H and O–H groups in total. The highest BCUT2D eigenvalue weighted by Crippen LogP contribution is 2.49. The second kappa shape index (κ2) is 13.8. The maximum Gasteiger partial charge on any atom is 0.287 e. The number of anilines is 1. The van der Waals surface area contributed by atoms with Gasteiger partial charge in [0.15, 0.2) is 5.82 Å². The zero-order valence-electron chi connectivity index (χ0n) is 29.5. The Morgan fingerprint density at radius 2 is 1.60 bits per heavy atom. The van der Waals surface area contributed by atoms with E-state index in [9.17, 15) is 14.4 Å². The van der Waals surface area contributed by atoms with Crippen LogP contribution in [0.25, 0.3) is 0 Å². The Balaban J connectivity index is 0.950. The lowest BCUT2D eigenvalue weighted by molar-refractivity contribution is -0.0217. The fourth-order valence-corrected chi connectivity index (χ4v) is 7.72. The van der Waals surface area contributed by atoms with Crippen LogP contribution in [0.2, 0.25) is 0 Å². The first kappa shape index (κ1) is 33.7. The predicted octanol–water partition coefficient (Wildman–Crippen LogP) is 4.43. The van der Waals surface area contributed by atoms with Gasteiger partial charge in [-0.3, -0.25) is 24.0 Å². The van der Waals surface area contributed by atoms with Crippen LogP contribution in [-0.4, -0.2) is 92.5 Å². The molecule has 4 heterocycles. The number of hydrogen-bond acceptors (Lipinski definition) is 7. The van der Waals surface area contributed by atoms with Crippen molar-refractivity contribution < 1.29 is 14.4 Å². The van der Waals surface area contributed by atoms with Crippen molar-refractivity contribution in [1.29, 1.82) is 0 Å². The summed E-state index contributed by atoms with van der Waals surface area (Å²) < 4.78 is 4.10. The predicted molar refractivity (Wildman–Crippen MR) is 191 cm³/mol. The van der Waals surface area contributed by atoms with E-state index in [4.69, 9.17) is 0 Å². The molecule has 262 valence electrons. The van der Waals surface area contributed by atoms with Crippen LogP contribution in [0, 0.1) is 6.92 Å². The molecule has 1 saturated carbocycles. The normalized spacial score (nSPS) is 17.6. The molecule has 1 saturated heterocycles. The number of hydrogen-bond donors (Lipinski definition) is 2. The maximum atomic E-state index is 13.4. The van der Waals surface area contributed by atoms with Crippen LogP contribution in [0.1, 0.15) is 92.0 Å². The van der Waals surface area contributed by atoms with Gasteiger partial charge in [0.2, 0.25) is 0 Å². The first-order chi connectivity index (χ1) is 24.1. The van der Waals surface area contributed by atoms with Gasteiger partial charge in [0, 0.05) is 57.2 Å². The number of likely N-dealkylation sites (tertiary alicyclic amines) is 1. The number of imidazole rings is 1. The van der Waals surface area contributed by atoms with E-state index in [1.807, 2.05) is 66.3 Å². The molecule has 0 atom stereocenters. The van der Waals surface area contributed by atoms with E-state index in [-0.39, 0.29) is 23.3 Å². The highest BCUT2D eigenvalue weighted by atomic mass is 16.2. The van der Waals surface area contributed by atoms with Crippen molar-refractivity contribution >= 4 is 23.4 Å². The first-order valence-electron chi connectivity index (χ1n) is 17.7. The number of carbonyl (C=O) groups excluding carboxylic acids is 3. The molecule has 12 nitrogen and oxygen atoms in total. The third-order valence-corrected chi connectivity index (χ3v) is 10.9. The quantitative estimate of drug-likeness (QED) is 0.269. The lowest BCUT2D eigenvalue weighted by Crippen LogP contribution is -2.56. The Hall–Kier alpha value is -4.81. The topological polar surface area (TPSA) is 121 Å². The Labute approximate surface area is 293 Å². The standard InChI is InChI=1S/C38H47N9O3/c1-26-32(23-41-47(26)31-14-18-44(4)19-15-31)35(48)42-30-12-8-27(9-13-30)22-40-36(49)34-39-24-33-38(16-5-17-38)45(20-21-46(33)34)25-28-6-10-29(11-7-28)37(50)43(2)3/h6-13,23-24,31H,5,14-22,25H2,1-4H3,(H,40,49)(H,42,48). The van der Waals surface area contributed by atoms with Gasteiger partial charge < -0.3 is 25.0 Å². The van der Waals surface area contributed by atoms with E-state index in [1.54, 1.807) is 25.2 Å². The first-order valence-corrected chi connectivity index (χ1v) is 17.7. The molecule has 2 fully saturated rings. The van der Waals surface area contributed by atoms with Gasteiger partial charge in [-0.2, -0.15) is 5.10 Å². The van der Waals surface area contributed by atoms with Gasteiger partial charge in [0.05, 0.1) is 35.2 Å². The molecule has 7 rings (SSSR count). The van der Waals surface area contributed by atoms with Crippen LogP contribution >= 0.6 is 0 Å². The molecule has 1 aliphatic carbocycles. The molecule has 50 heavy (non-hydrogen) atoms. The smallest absolute Gasteiger partial charge is 0.287 e. The Morgan fingerprint density at radius 3 is 2.26 bits per heavy atom. The maximum absolute atomic E-state index is 13.4. The van der Waals surface area contributed by atoms with Gasteiger partial charge in [-0.25, -0.2) is 4.98 Å². The molecule has 12 heteroatoms. The summed E-state index contributed by atoms with van der Waals surface area (Å²) in [6.45, 7) is 6.64. The number of nitrogens with zero attached hydrogens (tertiary/aromatic N) is 7. The lowest BCUT2D eigenvalue weighted by Gasteiger charge is -2.53. The highest BCUT2D eigenvalue weighted by molar-refractivity contribution is 6.04. The van der Waals surface area contributed by atoms with Crippen LogP contribution in [0.3, 0.4) is 0 Å². The molecule has 2 aliphatic heterocycles. The third kappa shape index (κ3) is 6.45. The SMILES string of the molecule is Cc1c(C(=O)Nc2ccc(CNC(=O)c3ncc4n3CCN(Cc3ccc(C(=O)N(C)C)cc3)C43CCC3)cc2)cnn1C1CCN(C)CC1. The third-order valence-electron chi connectivity index (χ3n) is 10.9. The number of aromatic nitrogens is 4. The zero-order chi connectivity index (χ0) is 35.0. The summed E-state index contributed by atoms with van der Waals surface area (Å²) in [4.78, 5) is 49.9. The van der Waals surface area contributed by atoms with Crippen LogP contribution in [-0.2, 0) is 25.2 Å². The van der Waals surface area contributed by atoms with Gasteiger partial charge in [-0.15, -0.1) is 0 Å². The number of rotatable bonds is 9. The van der Waals surface area contributed by atoms with Crippen molar-refractivity contribution in [2.75, 3.05) is 46.1 Å². The van der Waals surface area contributed by atoms with Crippen molar-refractivity contribution in [3.05, 3.63) is 100 Å². The van der Waals surface area contributed by atoms with Gasteiger partial charge in [0.1, 0.15) is 0 Å². The van der Waals surface area contributed by atoms with E-state index in [0.717, 1.165) is 80.8 Å². The average molecular weight is 678 g/mol. The fourth-order valence-electron chi connectivity index (χ4n) is 7.72. The monoisotopic (exact) mass is 677 g/mol. The van der Waals surface area contributed by atoms with Gasteiger partial charge in [-0.05, 0) is 94.6 Å². The molecule has 3 amide bonds. The van der Waals surface area contributed by atoms with E-state index < -0.39 is 0 Å². The van der Waals surface area contributed by atoms with Crippen LogP contribution in [0.4, 0.5) is 5.69 Å². The molecule has 2 aromatic heterocycles. The van der Waals surface area contributed by atoms with Gasteiger partial charge >= 0.3 is 0 Å². The van der Waals surface area contributed by atoms with E-state index in [1.165, 1.54) is 0 Å². The minimum Gasteiger partial charge on any atom is -0.345 e. The minimum absolute atomic E-state index is 0.00142. The summed E-state index contributed by atoms with van der Waals surface area (Å²) in [5.74, 6) is 0.0646. The highest BCUT2D eigenvalue weighted by Gasteiger charge is 2.49.